The minimum Gasteiger partial charge on any atom is -0.423 e. The highest BCUT2D eigenvalue weighted by Crippen LogP contribution is 2.27. The molecule has 0 saturated carbocycles. The van der Waals surface area contributed by atoms with Crippen molar-refractivity contribution in [3.05, 3.63) is 46.0 Å². The third-order valence-electron chi connectivity index (χ3n) is 2.57. The van der Waals surface area contributed by atoms with Crippen molar-refractivity contribution in [2.75, 3.05) is 11.1 Å². The van der Waals surface area contributed by atoms with E-state index in [1.807, 2.05) is 36.4 Å². The molecule has 1 aromatic heterocycles. The number of nitrogen functional groups attached to an aromatic ring is 1. The number of halogens is 1. The van der Waals surface area contributed by atoms with Crippen LogP contribution >= 0.6 is 22.6 Å². The van der Waals surface area contributed by atoms with Crippen LogP contribution in [-0.4, -0.2) is 4.98 Å². The fourth-order valence-corrected chi connectivity index (χ4v) is 2.22. The first kappa shape index (κ1) is 11.3. The summed E-state index contributed by atoms with van der Waals surface area (Å²) in [5.74, 6) is 0. The number of fused-ring (bicyclic) bond motifs is 1. The molecule has 0 amide bonds. The highest BCUT2D eigenvalue weighted by atomic mass is 127. The molecule has 3 rings (SSSR count). The van der Waals surface area contributed by atoms with E-state index in [4.69, 9.17) is 10.2 Å². The van der Waals surface area contributed by atoms with Gasteiger partial charge in [0.1, 0.15) is 5.52 Å². The molecule has 0 aliphatic carbocycles. The van der Waals surface area contributed by atoms with Crippen LogP contribution in [0.5, 0.6) is 0 Å². The molecule has 3 aromatic rings. The van der Waals surface area contributed by atoms with Crippen LogP contribution in [-0.2, 0) is 0 Å². The quantitative estimate of drug-likeness (QED) is 0.545. The molecule has 0 aliphatic heterocycles. The predicted molar refractivity (Wildman–Crippen MR) is 80.9 cm³/mol. The number of anilines is 3. The molecule has 90 valence electrons. The maximum absolute atomic E-state index is 5.84. The molecule has 18 heavy (non-hydrogen) atoms. The van der Waals surface area contributed by atoms with Gasteiger partial charge in [0.05, 0.1) is 11.4 Å². The van der Waals surface area contributed by atoms with Gasteiger partial charge in [-0.05, 0) is 46.9 Å². The summed E-state index contributed by atoms with van der Waals surface area (Å²) >= 11 is 2.26. The second-order valence-electron chi connectivity index (χ2n) is 3.82. The average molecular weight is 351 g/mol. The van der Waals surface area contributed by atoms with E-state index in [1.54, 1.807) is 6.07 Å². The van der Waals surface area contributed by atoms with Crippen molar-refractivity contribution in [2.45, 2.75) is 0 Å². The Labute approximate surface area is 117 Å². The van der Waals surface area contributed by atoms with Gasteiger partial charge in [0.25, 0.3) is 6.01 Å². The molecule has 0 saturated heterocycles. The van der Waals surface area contributed by atoms with Crippen LogP contribution in [0.15, 0.2) is 46.9 Å². The molecule has 0 fully saturated rings. The van der Waals surface area contributed by atoms with Crippen LogP contribution in [0, 0.1) is 3.57 Å². The fourth-order valence-electron chi connectivity index (χ4n) is 1.70. The third-order valence-corrected chi connectivity index (χ3v) is 3.51. The van der Waals surface area contributed by atoms with E-state index in [2.05, 4.69) is 32.9 Å². The van der Waals surface area contributed by atoms with Gasteiger partial charge < -0.3 is 15.5 Å². The summed E-state index contributed by atoms with van der Waals surface area (Å²) in [5, 5.41) is 3.15. The lowest BCUT2D eigenvalue weighted by Gasteiger charge is -2.02. The molecule has 5 heteroatoms. The monoisotopic (exact) mass is 351 g/mol. The average Bonchev–Trinajstić information content (AvgIpc) is 2.76. The summed E-state index contributed by atoms with van der Waals surface area (Å²) in [7, 11) is 0. The highest BCUT2D eigenvalue weighted by Gasteiger charge is 2.08. The summed E-state index contributed by atoms with van der Waals surface area (Å²) in [4.78, 5) is 4.34. The van der Waals surface area contributed by atoms with Crippen LogP contribution in [0.4, 0.5) is 17.4 Å². The number of nitrogens with two attached hydrogens (primary N) is 1. The molecule has 2 aromatic carbocycles. The van der Waals surface area contributed by atoms with Gasteiger partial charge in [-0.15, -0.1) is 0 Å². The van der Waals surface area contributed by atoms with E-state index < -0.39 is 0 Å². The van der Waals surface area contributed by atoms with Crippen molar-refractivity contribution in [1.82, 2.24) is 4.98 Å². The Morgan fingerprint density at radius 1 is 1.11 bits per heavy atom. The van der Waals surface area contributed by atoms with Crippen molar-refractivity contribution < 1.29 is 4.42 Å². The normalized spacial score (nSPS) is 10.7. The van der Waals surface area contributed by atoms with Crippen molar-refractivity contribution >= 4 is 51.1 Å². The van der Waals surface area contributed by atoms with E-state index in [0.717, 1.165) is 9.26 Å². The number of rotatable bonds is 2. The minimum absolute atomic E-state index is 0.451. The molecule has 4 nitrogen and oxygen atoms in total. The van der Waals surface area contributed by atoms with Crippen molar-refractivity contribution in [2.24, 2.45) is 0 Å². The summed E-state index contributed by atoms with van der Waals surface area (Å²) in [6.45, 7) is 0. The van der Waals surface area contributed by atoms with Crippen LogP contribution in [0.25, 0.3) is 11.1 Å². The van der Waals surface area contributed by atoms with Crippen molar-refractivity contribution in [3.8, 4) is 0 Å². The number of benzene rings is 2. The molecular formula is C13H10IN3O. The van der Waals surface area contributed by atoms with Gasteiger partial charge in [-0.3, -0.25) is 0 Å². The Hall–Kier alpha value is -1.76. The maximum atomic E-state index is 5.84. The highest BCUT2D eigenvalue weighted by molar-refractivity contribution is 14.1. The third kappa shape index (κ3) is 2.01. The van der Waals surface area contributed by atoms with Gasteiger partial charge in [-0.1, -0.05) is 18.2 Å². The number of para-hydroxylation sites is 2. The summed E-state index contributed by atoms with van der Waals surface area (Å²) in [5.41, 5.74) is 8.79. The molecule has 0 aliphatic rings. The van der Waals surface area contributed by atoms with Gasteiger partial charge in [-0.2, -0.15) is 4.98 Å². The predicted octanol–water partition coefficient (Wildman–Crippen LogP) is 3.76. The Kier molecular flexibility index (Phi) is 2.83. The Balaban J connectivity index is 2.01. The van der Waals surface area contributed by atoms with Gasteiger partial charge in [0.2, 0.25) is 0 Å². The summed E-state index contributed by atoms with van der Waals surface area (Å²) in [6, 6.07) is 13.9. The molecule has 0 atom stereocenters. The Bertz CT molecular complexity index is 708. The van der Waals surface area contributed by atoms with Crippen LogP contribution in [0.2, 0.25) is 0 Å². The SMILES string of the molecule is Nc1cccc2oc(Nc3ccccc3I)nc12. The molecule has 0 unspecified atom stereocenters. The van der Waals surface area contributed by atoms with E-state index >= 15 is 0 Å². The lowest BCUT2D eigenvalue weighted by atomic mass is 10.3. The topological polar surface area (TPSA) is 64.1 Å². The van der Waals surface area contributed by atoms with Gasteiger partial charge >= 0.3 is 0 Å². The van der Waals surface area contributed by atoms with Crippen molar-refractivity contribution in [3.63, 3.8) is 0 Å². The maximum Gasteiger partial charge on any atom is 0.300 e. The lowest BCUT2D eigenvalue weighted by Crippen LogP contribution is -1.92. The minimum atomic E-state index is 0.451. The number of nitrogens with zero attached hydrogens (tertiary/aromatic N) is 1. The first-order chi connectivity index (χ1) is 8.74. The van der Waals surface area contributed by atoms with E-state index in [9.17, 15) is 0 Å². The van der Waals surface area contributed by atoms with Crippen molar-refractivity contribution in [1.29, 1.82) is 0 Å². The van der Waals surface area contributed by atoms with Gasteiger partial charge in [-0.25, -0.2) is 0 Å². The molecule has 0 radical (unpaired) electrons. The molecule has 0 bridgehead atoms. The zero-order valence-electron chi connectivity index (χ0n) is 9.35. The fraction of sp³-hybridized carbons (Fsp3) is 0. The van der Waals surface area contributed by atoms with Crippen LogP contribution < -0.4 is 11.1 Å². The summed E-state index contributed by atoms with van der Waals surface area (Å²) < 4.78 is 6.70. The number of hydrogen-bond donors (Lipinski definition) is 2. The standard InChI is InChI=1S/C13H10IN3O/c14-8-4-1-2-6-10(8)16-13-17-12-9(15)5-3-7-11(12)18-13/h1-7H,15H2,(H,16,17). The number of aromatic nitrogens is 1. The van der Waals surface area contributed by atoms with E-state index in [1.165, 1.54) is 0 Å². The molecule has 0 spiro atoms. The second-order valence-corrected chi connectivity index (χ2v) is 4.98. The Morgan fingerprint density at radius 2 is 1.94 bits per heavy atom. The molecule has 3 N–H and O–H groups in total. The summed E-state index contributed by atoms with van der Waals surface area (Å²) in [6.07, 6.45) is 0. The zero-order chi connectivity index (χ0) is 12.5. The van der Waals surface area contributed by atoms with Crippen LogP contribution in [0.3, 0.4) is 0 Å². The lowest BCUT2D eigenvalue weighted by molar-refractivity contribution is 0.623. The van der Waals surface area contributed by atoms with E-state index in [-0.39, 0.29) is 0 Å². The Morgan fingerprint density at radius 3 is 2.72 bits per heavy atom. The van der Waals surface area contributed by atoms with Gasteiger partial charge in [0, 0.05) is 3.57 Å². The van der Waals surface area contributed by atoms with Gasteiger partial charge in [0.15, 0.2) is 5.58 Å². The number of oxazole rings is 1. The first-order valence-electron chi connectivity index (χ1n) is 5.40. The largest absolute Gasteiger partial charge is 0.423 e. The first-order valence-corrected chi connectivity index (χ1v) is 6.48. The smallest absolute Gasteiger partial charge is 0.300 e. The molecule has 1 heterocycles. The zero-order valence-corrected chi connectivity index (χ0v) is 11.5. The number of hydrogen-bond acceptors (Lipinski definition) is 4. The van der Waals surface area contributed by atoms with E-state index in [0.29, 0.717) is 22.8 Å². The molecular weight excluding hydrogens is 341 g/mol. The second kappa shape index (κ2) is 4.49. The van der Waals surface area contributed by atoms with Crippen LogP contribution in [0.1, 0.15) is 0 Å². The number of nitrogens with one attached hydrogen (secondary N) is 1.